The molecule has 0 aliphatic heterocycles. The number of carbonyl (C=O) groups excluding carboxylic acids is 1. The number of amides is 1. The monoisotopic (exact) mass is 164 g/mol. The number of hydroxylamine groups is 1. The van der Waals surface area contributed by atoms with Crippen LogP contribution in [0.5, 0.6) is 0 Å². The van der Waals surface area contributed by atoms with E-state index in [-0.39, 0.29) is 0 Å². The van der Waals surface area contributed by atoms with Crippen LogP contribution in [0.25, 0.3) is 0 Å². The summed E-state index contributed by atoms with van der Waals surface area (Å²) in [5.41, 5.74) is 6.77. The van der Waals surface area contributed by atoms with Gasteiger partial charge in [-0.15, -0.1) is 0 Å². The van der Waals surface area contributed by atoms with Crippen LogP contribution < -0.4 is 11.2 Å². The van der Waals surface area contributed by atoms with Gasteiger partial charge in [-0.3, -0.25) is 4.79 Å². The zero-order chi connectivity index (χ0) is 7.98. The minimum absolute atomic E-state index is 0.517. The third-order valence-electron chi connectivity index (χ3n) is 1.11. The van der Waals surface area contributed by atoms with Gasteiger partial charge in [-0.25, -0.2) is 0 Å². The number of nitrogens with one attached hydrogen (secondary N) is 1. The van der Waals surface area contributed by atoms with E-state index in [9.17, 15) is 4.79 Å². The van der Waals surface area contributed by atoms with E-state index >= 15 is 0 Å². The predicted molar refractivity (Wildman–Crippen MR) is 40.9 cm³/mol. The highest BCUT2D eigenvalue weighted by molar-refractivity contribution is 7.98. The average Bonchev–Trinajstić information content (AvgIpc) is 1.89. The molecule has 4 nitrogen and oxygen atoms in total. The van der Waals surface area contributed by atoms with Gasteiger partial charge in [-0.1, -0.05) is 0 Å². The molecule has 0 aliphatic carbocycles. The van der Waals surface area contributed by atoms with E-state index in [1.165, 1.54) is 0 Å². The first-order valence-electron chi connectivity index (χ1n) is 2.90. The maximum atomic E-state index is 10.4. The van der Waals surface area contributed by atoms with Crippen molar-refractivity contribution in [2.75, 3.05) is 12.0 Å². The molecule has 0 bridgehead atoms. The third-order valence-corrected chi connectivity index (χ3v) is 1.75. The fourth-order valence-electron chi connectivity index (χ4n) is 0.506. The number of nitrogens with two attached hydrogens (primary N) is 1. The van der Waals surface area contributed by atoms with Crippen LogP contribution >= 0.6 is 11.8 Å². The van der Waals surface area contributed by atoms with Gasteiger partial charge in [0.15, 0.2) is 0 Å². The van der Waals surface area contributed by atoms with E-state index < -0.39 is 11.9 Å². The third kappa shape index (κ3) is 3.71. The average molecular weight is 164 g/mol. The number of carbonyl (C=O) groups is 1. The molecule has 0 aromatic heterocycles. The SMILES string of the molecule is CSCC[C@H](NO)C(N)=O. The van der Waals surface area contributed by atoms with Crippen molar-refractivity contribution >= 4 is 17.7 Å². The Morgan fingerprint density at radius 1 is 1.90 bits per heavy atom. The van der Waals surface area contributed by atoms with Crippen molar-refractivity contribution in [3.63, 3.8) is 0 Å². The van der Waals surface area contributed by atoms with Gasteiger partial charge >= 0.3 is 0 Å². The summed E-state index contributed by atoms with van der Waals surface area (Å²) < 4.78 is 0. The van der Waals surface area contributed by atoms with Crippen LogP contribution in [-0.4, -0.2) is 29.2 Å². The van der Waals surface area contributed by atoms with Crippen molar-refractivity contribution in [3.05, 3.63) is 0 Å². The van der Waals surface area contributed by atoms with Crippen LogP contribution in [-0.2, 0) is 4.79 Å². The summed E-state index contributed by atoms with van der Waals surface area (Å²) in [5, 5.41) is 8.36. The zero-order valence-electron chi connectivity index (χ0n) is 5.83. The molecule has 1 amide bonds. The van der Waals surface area contributed by atoms with Gasteiger partial charge in [0.05, 0.1) is 0 Å². The second-order valence-corrected chi connectivity index (χ2v) is 2.85. The van der Waals surface area contributed by atoms with Crippen LogP contribution in [0.3, 0.4) is 0 Å². The summed E-state index contributed by atoms with van der Waals surface area (Å²) in [4.78, 5) is 10.4. The van der Waals surface area contributed by atoms with E-state index in [1.807, 2.05) is 11.7 Å². The molecule has 0 unspecified atom stereocenters. The minimum atomic E-state index is -0.604. The molecule has 0 fully saturated rings. The summed E-state index contributed by atoms with van der Waals surface area (Å²) in [6, 6.07) is -0.604. The molecule has 5 heteroatoms. The van der Waals surface area contributed by atoms with Crippen molar-refractivity contribution in [1.82, 2.24) is 5.48 Å². The van der Waals surface area contributed by atoms with E-state index in [0.29, 0.717) is 6.42 Å². The molecular weight excluding hydrogens is 152 g/mol. The Labute approximate surface area is 64.1 Å². The molecule has 0 rings (SSSR count). The molecule has 1 atom stereocenters. The lowest BCUT2D eigenvalue weighted by Crippen LogP contribution is -2.39. The summed E-state index contributed by atoms with van der Waals surface area (Å²) in [6.07, 6.45) is 2.49. The number of hydrogen-bond donors (Lipinski definition) is 3. The molecule has 4 N–H and O–H groups in total. The summed E-state index contributed by atoms with van der Waals surface area (Å²) in [6.45, 7) is 0. The number of rotatable bonds is 5. The first-order valence-corrected chi connectivity index (χ1v) is 4.29. The molecule has 0 radical (unpaired) electrons. The van der Waals surface area contributed by atoms with Gasteiger partial charge in [-0.05, 0) is 18.4 Å². The maximum Gasteiger partial charge on any atom is 0.236 e. The lowest BCUT2D eigenvalue weighted by Gasteiger charge is -2.08. The Hall–Kier alpha value is -0.260. The lowest BCUT2D eigenvalue weighted by molar-refractivity contribution is -0.122. The van der Waals surface area contributed by atoms with Gasteiger partial charge in [-0.2, -0.15) is 17.2 Å². The van der Waals surface area contributed by atoms with Gasteiger partial charge in [0.1, 0.15) is 6.04 Å². The highest BCUT2D eigenvalue weighted by Crippen LogP contribution is 1.98. The molecule has 0 aromatic carbocycles. The van der Waals surface area contributed by atoms with Crippen molar-refractivity contribution in [2.24, 2.45) is 5.73 Å². The highest BCUT2D eigenvalue weighted by atomic mass is 32.2. The van der Waals surface area contributed by atoms with E-state index in [2.05, 4.69) is 0 Å². The van der Waals surface area contributed by atoms with Crippen molar-refractivity contribution in [1.29, 1.82) is 0 Å². The fourth-order valence-corrected chi connectivity index (χ4v) is 0.978. The van der Waals surface area contributed by atoms with Gasteiger partial charge in [0.25, 0.3) is 0 Å². The Morgan fingerprint density at radius 3 is 2.80 bits per heavy atom. The number of thioether (sulfide) groups is 1. The number of hydrogen-bond acceptors (Lipinski definition) is 4. The molecule has 10 heavy (non-hydrogen) atoms. The Bertz CT molecular complexity index is 110. The topological polar surface area (TPSA) is 75.3 Å². The molecule has 0 spiro atoms. The van der Waals surface area contributed by atoms with Gasteiger partial charge in [0.2, 0.25) is 5.91 Å². The summed E-state index contributed by atoms with van der Waals surface area (Å²) >= 11 is 1.60. The first kappa shape index (κ1) is 9.74. The fraction of sp³-hybridized carbons (Fsp3) is 0.800. The summed E-state index contributed by atoms with van der Waals surface area (Å²) in [7, 11) is 0. The molecular formula is C5H12N2O2S. The lowest BCUT2D eigenvalue weighted by atomic mass is 10.2. The first-order chi connectivity index (χ1) is 4.72. The molecule has 0 aromatic rings. The molecule has 60 valence electrons. The highest BCUT2D eigenvalue weighted by Gasteiger charge is 2.11. The quantitative estimate of drug-likeness (QED) is 0.482. The van der Waals surface area contributed by atoms with Crippen molar-refractivity contribution in [2.45, 2.75) is 12.5 Å². The van der Waals surface area contributed by atoms with Crippen LogP contribution in [0.1, 0.15) is 6.42 Å². The van der Waals surface area contributed by atoms with E-state index in [0.717, 1.165) is 5.75 Å². The van der Waals surface area contributed by atoms with Crippen LogP contribution in [0.2, 0.25) is 0 Å². The molecule has 0 heterocycles. The zero-order valence-corrected chi connectivity index (χ0v) is 6.65. The summed E-state index contributed by atoms with van der Waals surface area (Å²) in [5.74, 6) is 0.290. The smallest absolute Gasteiger partial charge is 0.236 e. The van der Waals surface area contributed by atoms with Crippen LogP contribution in [0.4, 0.5) is 0 Å². The van der Waals surface area contributed by atoms with Crippen LogP contribution in [0, 0.1) is 0 Å². The molecule has 0 aliphatic rings. The number of primary amides is 1. The molecule has 0 saturated heterocycles. The van der Waals surface area contributed by atoms with Gasteiger partial charge < -0.3 is 10.9 Å². The maximum absolute atomic E-state index is 10.4. The minimum Gasteiger partial charge on any atom is -0.368 e. The van der Waals surface area contributed by atoms with E-state index in [1.54, 1.807) is 11.8 Å². The Morgan fingerprint density at radius 2 is 2.50 bits per heavy atom. The predicted octanol–water partition coefficient (Wildman–Crippen LogP) is -0.428. The standard InChI is InChI=1S/C5H12N2O2S/c1-10-3-2-4(7-9)5(6)8/h4,7,9H,2-3H2,1H3,(H2,6,8)/t4-/m0/s1. The Kier molecular flexibility index (Phi) is 5.38. The van der Waals surface area contributed by atoms with E-state index in [4.69, 9.17) is 10.9 Å². The Balaban J connectivity index is 3.50. The van der Waals surface area contributed by atoms with Crippen molar-refractivity contribution in [3.8, 4) is 0 Å². The normalized spacial score (nSPS) is 13.0. The van der Waals surface area contributed by atoms with Gasteiger partial charge in [0, 0.05) is 0 Å². The molecule has 0 saturated carbocycles. The van der Waals surface area contributed by atoms with Crippen LogP contribution in [0.15, 0.2) is 0 Å². The largest absolute Gasteiger partial charge is 0.368 e. The second kappa shape index (κ2) is 5.52. The second-order valence-electron chi connectivity index (χ2n) is 1.87. The van der Waals surface area contributed by atoms with Crippen molar-refractivity contribution < 1.29 is 10.0 Å².